The average Bonchev–Trinajstić information content (AvgIpc) is 2.55. The van der Waals surface area contributed by atoms with Crippen LogP contribution in [-0.4, -0.2) is 50.8 Å². The smallest absolute Gasteiger partial charge is 0.323 e. The van der Waals surface area contributed by atoms with Gasteiger partial charge in [0.1, 0.15) is 24.1 Å². The number of hydrogen-bond donors (Lipinski definition) is 0. The molecule has 5 heteroatoms. The molecule has 5 nitrogen and oxygen atoms in total. The predicted octanol–water partition coefficient (Wildman–Crippen LogP) is 2.10. The summed E-state index contributed by atoms with van der Waals surface area (Å²) >= 11 is 0. The SMILES string of the molecule is COC(=O)C1CCCCN1CCOc1ccc(OC)cc1. The van der Waals surface area contributed by atoms with E-state index in [4.69, 9.17) is 14.2 Å². The van der Waals surface area contributed by atoms with Crippen molar-refractivity contribution in [3.8, 4) is 11.5 Å². The van der Waals surface area contributed by atoms with Gasteiger partial charge in [-0.15, -0.1) is 0 Å². The highest BCUT2D eigenvalue weighted by Gasteiger charge is 2.28. The summed E-state index contributed by atoms with van der Waals surface area (Å²) in [5.41, 5.74) is 0. The van der Waals surface area contributed by atoms with E-state index in [0.29, 0.717) is 6.61 Å². The minimum atomic E-state index is -0.140. The second-order valence-corrected chi connectivity index (χ2v) is 5.09. The topological polar surface area (TPSA) is 48.0 Å². The monoisotopic (exact) mass is 293 g/mol. The summed E-state index contributed by atoms with van der Waals surface area (Å²) in [7, 11) is 3.09. The van der Waals surface area contributed by atoms with E-state index in [-0.39, 0.29) is 12.0 Å². The Morgan fingerprint density at radius 2 is 1.90 bits per heavy atom. The fraction of sp³-hybridized carbons (Fsp3) is 0.562. The van der Waals surface area contributed by atoms with Gasteiger partial charge < -0.3 is 14.2 Å². The third-order valence-corrected chi connectivity index (χ3v) is 3.79. The number of ether oxygens (including phenoxy) is 3. The van der Waals surface area contributed by atoms with Crippen LogP contribution in [0.1, 0.15) is 19.3 Å². The number of methoxy groups -OCH3 is 2. The van der Waals surface area contributed by atoms with Gasteiger partial charge in [-0.05, 0) is 43.7 Å². The zero-order valence-electron chi connectivity index (χ0n) is 12.7. The first-order chi connectivity index (χ1) is 10.2. The van der Waals surface area contributed by atoms with Crippen molar-refractivity contribution in [1.82, 2.24) is 4.90 Å². The van der Waals surface area contributed by atoms with E-state index >= 15 is 0 Å². The molecular weight excluding hydrogens is 270 g/mol. The third-order valence-electron chi connectivity index (χ3n) is 3.79. The van der Waals surface area contributed by atoms with Crippen LogP contribution >= 0.6 is 0 Å². The molecule has 0 radical (unpaired) electrons. The highest BCUT2D eigenvalue weighted by Crippen LogP contribution is 2.19. The number of hydrogen-bond acceptors (Lipinski definition) is 5. The Labute approximate surface area is 125 Å². The van der Waals surface area contributed by atoms with Crippen LogP contribution in [0.3, 0.4) is 0 Å². The summed E-state index contributed by atoms with van der Waals surface area (Å²) in [5.74, 6) is 1.48. The largest absolute Gasteiger partial charge is 0.497 e. The van der Waals surface area contributed by atoms with Gasteiger partial charge >= 0.3 is 5.97 Å². The number of rotatable bonds is 6. The van der Waals surface area contributed by atoms with Crippen molar-refractivity contribution < 1.29 is 19.0 Å². The summed E-state index contributed by atoms with van der Waals surface area (Å²) in [4.78, 5) is 13.9. The molecule has 0 bridgehead atoms. The van der Waals surface area contributed by atoms with Gasteiger partial charge in [0, 0.05) is 6.54 Å². The van der Waals surface area contributed by atoms with Crippen LogP contribution in [0.15, 0.2) is 24.3 Å². The lowest BCUT2D eigenvalue weighted by molar-refractivity contribution is -0.148. The maximum absolute atomic E-state index is 11.8. The number of benzene rings is 1. The minimum Gasteiger partial charge on any atom is -0.497 e. The molecule has 1 heterocycles. The van der Waals surface area contributed by atoms with Crippen molar-refractivity contribution in [2.45, 2.75) is 25.3 Å². The zero-order valence-corrected chi connectivity index (χ0v) is 12.7. The van der Waals surface area contributed by atoms with Crippen LogP contribution < -0.4 is 9.47 Å². The maximum Gasteiger partial charge on any atom is 0.323 e. The van der Waals surface area contributed by atoms with Gasteiger partial charge in [-0.2, -0.15) is 0 Å². The predicted molar refractivity (Wildman–Crippen MR) is 79.7 cm³/mol. The van der Waals surface area contributed by atoms with Crippen LogP contribution in [-0.2, 0) is 9.53 Å². The Kier molecular flexibility index (Phi) is 5.87. The fourth-order valence-corrected chi connectivity index (χ4v) is 2.61. The van der Waals surface area contributed by atoms with Crippen molar-refractivity contribution in [2.75, 3.05) is 33.9 Å². The van der Waals surface area contributed by atoms with Crippen molar-refractivity contribution in [2.24, 2.45) is 0 Å². The van der Waals surface area contributed by atoms with Crippen molar-refractivity contribution in [3.05, 3.63) is 24.3 Å². The van der Waals surface area contributed by atoms with E-state index < -0.39 is 0 Å². The fourth-order valence-electron chi connectivity index (χ4n) is 2.61. The van der Waals surface area contributed by atoms with Gasteiger partial charge in [-0.25, -0.2) is 0 Å². The molecule has 0 saturated carbocycles. The standard InChI is InChI=1S/C16H23NO4/c1-19-13-6-8-14(9-7-13)21-12-11-17-10-4-3-5-15(17)16(18)20-2/h6-9,15H,3-5,10-12H2,1-2H3. The Morgan fingerprint density at radius 1 is 1.19 bits per heavy atom. The van der Waals surface area contributed by atoms with E-state index in [1.807, 2.05) is 24.3 Å². The number of esters is 1. The van der Waals surface area contributed by atoms with Gasteiger partial charge in [0.05, 0.1) is 14.2 Å². The molecule has 1 aliphatic heterocycles. The van der Waals surface area contributed by atoms with Crippen LogP contribution in [0.25, 0.3) is 0 Å². The summed E-state index contributed by atoms with van der Waals surface area (Å²) in [6.45, 7) is 2.21. The van der Waals surface area contributed by atoms with Gasteiger partial charge in [-0.3, -0.25) is 9.69 Å². The summed E-state index contributed by atoms with van der Waals surface area (Å²) in [5, 5.41) is 0. The molecule has 0 N–H and O–H groups in total. The summed E-state index contributed by atoms with van der Waals surface area (Å²) in [6, 6.07) is 7.38. The van der Waals surface area contributed by atoms with Crippen molar-refractivity contribution in [3.63, 3.8) is 0 Å². The normalized spacial score (nSPS) is 19.0. The van der Waals surface area contributed by atoms with Gasteiger partial charge in [0.2, 0.25) is 0 Å². The first-order valence-corrected chi connectivity index (χ1v) is 7.33. The number of carbonyl (C=O) groups excluding carboxylic acids is 1. The van der Waals surface area contributed by atoms with E-state index in [2.05, 4.69) is 4.90 Å². The molecule has 2 rings (SSSR count). The van der Waals surface area contributed by atoms with E-state index in [1.54, 1.807) is 7.11 Å². The molecule has 0 aliphatic carbocycles. The van der Waals surface area contributed by atoms with Gasteiger partial charge in [-0.1, -0.05) is 6.42 Å². The van der Waals surface area contributed by atoms with E-state index in [9.17, 15) is 4.79 Å². The van der Waals surface area contributed by atoms with Crippen LogP contribution in [0.4, 0.5) is 0 Å². The second-order valence-electron chi connectivity index (χ2n) is 5.09. The molecule has 0 aromatic heterocycles. The molecule has 1 aromatic rings. The molecule has 1 atom stereocenters. The van der Waals surface area contributed by atoms with Gasteiger partial charge in [0.25, 0.3) is 0 Å². The lowest BCUT2D eigenvalue weighted by Gasteiger charge is -2.33. The average molecular weight is 293 g/mol. The molecule has 21 heavy (non-hydrogen) atoms. The molecule has 0 spiro atoms. The minimum absolute atomic E-state index is 0.122. The van der Waals surface area contributed by atoms with Crippen LogP contribution in [0.2, 0.25) is 0 Å². The second kappa shape index (κ2) is 7.88. The highest BCUT2D eigenvalue weighted by atomic mass is 16.5. The molecule has 0 amide bonds. The maximum atomic E-state index is 11.8. The van der Waals surface area contributed by atoms with Gasteiger partial charge in [0.15, 0.2) is 0 Å². The highest BCUT2D eigenvalue weighted by molar-refractivity contribution is 5.75. The Bertz CT molecular complexity index is 446. The molecule has 1 aromatic carbocycles. The molecule has 1 fully saturated rings. The number of carbonyl (C=O) groups is 1. The molecular formula is C16H23NO4. The third kappa shape index (κ3) is 4.36. The quantitative estimate of drug-likeness (QED) is 0.752. The first kappa shape index (κ1) is 15.6. The summed E-state index contributed by atoms with van der Waals surface area (Å²) in [6.07, 6.45) is 3.07. The molecule has 1 saturated heterocycles. The Hall–Kier alpha value is -1.75. The molecule has 1 unspecified atom stereocenters. The van der Waals surface area contributed by atoms with Crippen LogP contribution in [0, 0.1) is 0 Å². The first-order valence-electron chi connectivity index (χ1n) is 7.33. The Morgan fingerprint density at radius 3 is 2.57 bits per heavy atom. The summed E-state index contributed by atoms with van der Waals surface area (Å²) < 4.78 is 15.7. The number of nitrogens with zero attached hydrogens (tertiary/aromatic N) is 1. The lowest BCUT2D eigenvalue weighted by Crippen LogP contribution is -2.46. The zero-order chi connectivity index (χ0) is 15.1. The molecule has 116 valence electrons. The van der Waals surface area contributed by atoms with E-state index in [0.717, 1.165) is 43.9 Å². The molecule has 1 aliphatic rings. The van der Waals surface area contributed by atoms with E-state index in [1.165, 1.54) is 7.11 Å². The number of piperidine rings is 1. The van der Waals surface area contributed by atoms with Crippen molar-refractivity contribution in [1.29, 1.82) is 0 Å². The number of likely N-dealkylation sites (tertiary alicyclic amines) is 1. The Balaban J connectivity index is 1.81. The lowest BCUT2D eigenvalue weighted by atomic mass is 10.0. The van der Waals surface area contributed by atoms with Crippen molar-refractivity contribution >= 4 is 5.97 Å². The van der Waals surface area contributed by atoms with Crippen LogP contribution in [0.5, 0.6) is 11.5 Å².